The summed E-state index contributed by atoms with van der Waals surface area (Å²) in [6.45, 7) is 0.689. The van der Waals surface area contributed by atoms with E-state index in [4.69, 9.17) is 0 Å². The summed E-state index contributed by atoms with van der Waals surface area (Å²) in [4.78, 5) is 4.22. The van der Waals surface area contributed by atoms with Crippen LogP contribution in [-0.4, -0.2) is 31.2 Å². The molecule has 1 N–H and O–H groups in total. The van der Waals surface area contributed by atoms with E-state index in [1.54, 1.807) is 10.9 Å². The maximum absolute atomic E-state index is 4.22. The van der Waals surface area contributed by atoms with Crippen LogP contribution in [0.4, 0.5) is 0 Å². The SMILES string of the molecule is c1ccc(-n2nnnc2CNC2CC2)nc1. The first-order valence-electron chi connectivity index (χ1n) is 5.35. The highest BCUT2D eigenvalue weighted by Gasteiger charge is 2.21. The molecule has 1 aliphatic rings. The molecule has 1 fully saturated rings. The molecule has 0 bridgehead atoms. The van der Waals surface area contributed by atoms with Crippen LogP contribution in [0, 0.1) is 0 Å². The van der Waals surface area contributed by atoms with Crippen LogP contribution in [0.1, 0.15) is 18.7 Å². The molecule has 6 nitrogen and oxygen atoms in total. The van der Waals surface area contributed by atoms with Crippen molar-refractivity contribution in [3.8, 4) is 5.82 Å². The van der Waals surface area contributed by atoms with E-state index >= 15 is 0 Å². The number of hydrogen-bond donors (Lipinski definition) is 1. The summed E-state index contributed by atoms with van der Waals surface area (Å²) in [5, 5.41) is 15.0. The largest absolute Gasteiger partial charge is 0.307 e. The molecule has 3 rings (SSSR count). The van der Waals surface area contributed by atoms with Gasteiger partial charge in [-0.15, -0.1) is 5.10 Å². The number of nitrogens with zero attached hydrogens (tertiary/aromatic N) is 5. The van der Waals surface area contributed by atoms with E-state index in [1.165, 1.54) is 12.8 Å². The lowest BCUT2D eigenvalue weighted by Gasteiger charge is -2.03. The van der Waals surface area contributed by atoms with Gasteiger partial charge in [0, 0.05) is 12.2 Å². The molecular formula is C10H12N6. The number of aromatic nitrogens is 5. The Balaban J connectivity index is 1.81. The predicted molar refractivity (Wildman–Crippen MR) is 56.8 cm³/mol. The second kappa shape index (κ2) is 3.97. The fourth-order valence-electron chi connectivity index (χ4n) is 1.50. The number of tetrazole rings is 1. The summed E-state index contributed by atoms with van der Waals surface area (Å²) in [7, 11) is 0. The van der Waals surface area contributed by atoms with Gasteiger partial charge in [-0.3, -0.25) is 0 Å². The summed E-state index contributed by atoms with van der Waals surface area (Å²) in [5.74, 6) is 1.55. The molecule has 0 aliphatic heterocycles. The summed E-state index contributed by atoms with van der Waals surface area (Å²) in [6, 6.07) is 6.32. The molecule has 0 spiro atoms. The van der Waals surface area contributed by atoms with E-state index in [-0.39, 0.29) is 0 Å². The maximum atomic E-state index is 4.22. The van der Waals surface area contributed by atoms with Gasteiger partial charge in [0.2, 0.25) is 0 Å². The first-order valence-corrected chi connectivity index (χ1v) is 5.35. The molecule has 0 atom stereocenters. The Labute approximate surface area is 92.7 Å². The number of rotatable bonds is 4. The highest BCUT2D eigenvalue weighted by molar-refractivity contribution is 5.20. The number of nitrogens with one attached hydrogen (secondary N) is 1. The van der Waals surface area contributed by atoms with Gasteiger partial charge in [0.15, 0.2) is 11.6 Å². The second-order valence-electron chi connectivity index (χ2n) is 3.85. The fourth-order valence-corrected chi connectivity index (χ4v) is 1.50. The highest BCUT2D eigenvalue weighted by atomic mass is 15.6. The van der Waals surface area contributed by atoms with Crippen LogP contribution in [0.2, 0.25) is 0 Å². The van der Waals surface area contributed by atoms with Gasteiger partial charge in [0.25, 0.3) is 0 Å². The topological polar surface area (TPSA) is 68.5 Å². The summed E-state index contributed by atoms with van der Waals surface area (Å²) >= 11 is 0. The first-order chi connectivity index (χ1) is 7.93. The van der Waals surface area contributed by atoms with Crippen molar-refractivity contribution >= 4 is 0 Å². The third kappa shape index (κ3) is 1.92. The molecule has 0 unspecified atom stereocenters. The van der Waals surface area contributed by atoms with Gasteiger partial charge >= 0.3 is 0 Å². The van der Waals surface area contributed by atoms with Gasteiger partial charge in [0.05, 0.1) is 6.54 Å². The van der Waals surface area contributed by atoms with Crippen molar-refractivity contribution in [2.24, 2.45) is 0 Å². The van der Waals surface area contributed by atoms with Crippen molar-refractivity contribution in [2.45, 2.75) is 25.4 Å². The molecule has 0 amide bonds. The van der Waals surface area contributed by atoms with Crippen molar-refractivity contribution < 1.29 is 0 Å². The third-order valence-electron chi connectivity index (χ3n) is 2.53. The van der Waals surface area contributed by atoms with Gasteiger partial charge in [-0.05, 0) is 35.4 Å². The van der Waals surface area contributed by atoms with E-state index in [1.807, 2.05) is 18.2 Å². The standard InChI is InChI=1S/C10H12N6/c1-2-6-11-9(3-1)16-10(13-14-15-16)7-12-8-4-5-8/h1-3,6,8,12H,4-5,7H2. The zero-order valence-electron chi connectivity index (χ0n) is 8.74. The van der Waals surface area contributed by atoms with E-state index in [2.05, 4.69) is 25.8 Å². The highest BCUT2D eigenvalue weighted by Crippen LogP contribution is 2.19. The van der Waals surface area contributed by atoms with Crippen LogP contribution < -0.4 is 5.32 Å². The quantitative estimate of drug-likeness (QED) is 0.796. The normalized spacial score (nSPS) is 15.2. The number of hydrogen-bond acceptors (Lipinski definition) is 5. The Morgan fingerprint density at radius 3 is 3.06 bits per heavy atom. The summed E-state index contributed by atoms with van der Waals surface area (Å²) in [6.07, 6.45) is 4.24. The molecule has 0 aromatic carbocycles. The predicted octanol–water partition coefficient (Wildman–Crippen LogP) is 0.309. The lowest BCUT2D eigenvalue weighted by Crippen LogP contribution is -2.19. The van der Waals surface area contributed by atoms with Crippen molar-refractivity contribution in [2.75, 3.05) is 0 Å². The lowest BCUT2D eigenvalue weighted by molar-refractivity contribution is 0.633. The minimum atomic E-state index is 0.647. The third-order valence-corrected chi connectivity index (χ3v) is 2.53. The van der Waals surface area contributed by atoms with Crippen molar-refractivity contribution in [3.63, 3.8) is 0 Å². The van der Waals surface area contributed by atoms with Crippen LogP contribution in [0.3, 0.4) is 0 Å². The first kappa shape index (κ1) is 9.41. The number of pyridine rings is 1. The molecule has 2 aromatic heterocycles. The lowest BCUT2D eigenvalue weighted by atomic mass is 10.4. The van der Waals surface area contributed by atoms with Crippen LogP contribution in [0.25, 0.3) is 5.82 Å². The van der Waals surface area contributed by atoms with Crippen LogP contribution in [0.5, 0.6) is 0 Å². The maximum Gasteiger partial charge on any atom is 0.172 e. The van der Waals surface area contributed by atoms with E-state index in [0.717, 1.165) is 11.6 Å². The summed E-state index contributed by atoms with van der Waals surface area (Å²) in [5.41, 5.74) is 0. The minimum Gasteiger partial charge on any atom is -0.307 e. The molecule has 82 valence electrons. The van der Waals surface area contributed by atoms with Crippen LogP contribution in [-0.2, 0) is 6.54 Å². The van der Waals surface area contributed by atoms with Gasteiger partial charge in [0.1, 0.15) is 0 Å². The Hall–Kier alpha value is -1.82. The van der Waals surface area contributed by atoms with E-state index in [9.17, 15) is 0 Å². The van der Waals surface area contributed by atoms with Gasteiger partial charge in [-0.1, -0.05) is 6.07 Å². The Bertz CT molecular complexity index is 461. The van der Waals surface area contributed by atoms with E-state index < -0.39 is 0 Å². The molecule has 16 heavy (non-hydrogen) atoms. The molecule has 2 heterocycles. The molecule has 1 aliphatic carbocycles. The average molecular weight is 216 g/mol. The molecule has 2 aromatic rings. The summed E-state index contributed by atoms with van der Waals surface area (Å²) < 4.78 is 1.66. The van der Waals surface area contributed by atoms with Crippen molar-refractivity contribution in [3.05, 3.63) is 30.2 Å². The van der Waals surface area contributed by atoms with E-state index in [0.29, 0.717) is 12.6 Å². The van der Waals surface area contributed by atoms with Crippen LogP contribution in [0.15, 0.2) is 24.4 Å². The minimum absolute atomic E-state index is 0.647. The second-order valence-corrected chi connectivity index (χ2v) is 3.85. The van der Waals surface area contributed by atoms with Crippen molar-refractivity contribution in [1.29, 1.82) is 0 Å². The molecular weight excluding hydrogens is 204 g/mol. The average Bonchev–Trinajstić information content (AvgIpc) is 3.05. The molecule has 6 heteroatoms. The molecule has 0 radical (unpaired) electrons. The van der Waals surface area contributed by atoms with Gasteiger partial charge < -0.3 is 5.32 Å². The zero-order valence-corrected chi connectivity index (χ0v) is 8.74. The molecule has 1 saturated carbocycles. The fraction of sp³-hybridized carbons (Fsp3) is 0.400. The van der Waals surface area contributed by atoms with Gasteiger partial charge in [-0.2, -0.15) is 4.68 Å². The monoisotopic (exact) mass is 216 g/mol. The zero-order chi connectivity index (χ0) is 10.8. The Kier molecular flexibility index (Phi) is 2.34. The Morgan fingerprint density at radius 1 is 1.38 bits per heavy atom. The Morgan fingerprint density at radius 2 is 2.31 bits per heavy atom. The van der Waals surface area contributed by atoms with Crippen LogP contribution >= 0.6 is 0 Å². The van der Waals surface area contributed by atoms with Crippen molar-refractivity contribution in [1.82, 2.24) is 30.5 Å². The smallest absolute Gasteiger partial charge is 0.172 e. The molecule has 0 saturated heterocycles. The van der Waals surface area contributed by atoms with Gasteiger partial charge in [-0.25, -0.2) is 4.98 Å².